The summed E-state index contributed by atoms with van der Waals surface area (Å²) in [5.74, 6) is 1.49. The highest BCUT2D eigenvalue weighted by atomic mass is 16.4. The fraction of sp³-hybridized carbons (Fsp3) is 0.667. The van der Waals surface area contributed by atoms with E-state index < -0.39 is 11.5 Å². The van der Waals surface area contributed by atoms with E-state index in [1.54, 1.807) is 13.8 Å². The van der Waals surface area contributed by atoms with Crippen LogP contribution >= 0.6 is 0 Å². The molecule has 0 aromatic heterocycles. The van der Waals surface area contributed by atoms with Crippen molar-refractivity contribution in [2.45, 2.75) is 44.7 Å². The number of hydrogen-bond acceptors (Lipinski definition) is 2. The number of carbonyl (C=O) groups excluding carboxylic acids is 1. The Kier molecular flexibility index (Phi) is 4.00. The van der Waals surface area contributed by atoms with Crippen molar-refractivity contribution < 1.29 is 14.7 Å². The number of carboxylic acid groups (broad SMARTS) is 1. The molecule has 0 radical (unpaired) electrons. The molecule has 2 amide bonds. The predicted octanol–water partition coefficient (Wildman–Crippen LogP) is 1.05. The second kappa shape index (κ2) is 5.09. The van der Waals surface area contributed by atoms with Gasteiger partial charge in [0.15, 0.2) is 0 Å². The molecule has 2 unspecified atom stereocenters. The minimum atomic E-state index is -1.10. The lowest BCUT2D eigenvalue weighted by atomic mass is 10.00. The molecule has 1 heterocycles. The van der Waals surface area contributed by atoms with E-state index in [-0.39, 0.29) is 12.1 Å². The number of carboxylic acids is 1. The first-order chi connectivity index (χ1) is 7.91. The topological polar surface area (TPSA) is 69.6 Å². The molecule has 1 fully saturated rings. The number of nitrogens with zero attached hydrogens (tertiary/aromatic N) is 1. The molecule has 1 aliphatic rings. The molecule has 0 saturated carbocycles. The van der Waals surface area contributed by atoms with Crippen LogP contribution in [0.1, 0.15) is 33.1 Å². The van der Waals surface area contributed by atoms with E-state index in [0.29, 0.717) is 25.8 Å². The van der Waals surface area contributed by atoms with Gasteiger partial charge in [0.05, 0.1) is 0 Å². The van der Waals surface area contributed by atoms with E-state index in [0.717, 1.165) is 0 Å². The Morgan fingerprint density at radius 3 is 2.82 bits per heavy atom. The van der Waals surface area contributed by atoms with E-state index in [2.05, 4.69) is 11.2 Å². The van der Waals surface area contributed by atoms with Gasteiger partial charge in [-0.15, -0.1) is 12.3 Å². The van der Waals surface area contributed by atoms with Crippen LogP contribution in [0.2, 0.25) is 0 Å². The maximum Gasteiger partial charge on any atom is 0.329 e. The molecule has 0 aliphatic carbocycles. The van der Waals surface area contributed by atoms with E-state index in [1.165, 1.54) is 4.90 Å². The predicted molar refractivity (Wildman–Crippen MR) is 63.4 cm³/mol. The van der Waals surface area contributed by atoms with E-state index in [1.807, 2.05) is 0 Å². The van der Waals surface area contributed by atoms with Gasteiger partial charge >= 0.3 is 12.0 Å². The summed E-state index contributed by atoms with van der Waals surface area (Å²) in [4.78, 5) is 24.5. The summed E-state index contributed by atoms with van der Waals surface area (Å²) in [6.07, 6.45) is 6.78. The summed E-state index contributed by atoms with van der Waals surface area (Å²) >= 11 is 0. The zero-order chi connectivity index (χ0) is 13.1. The highest BCUT2D eigenvalue weighted by molar-refractivity contribution is 5.86. The second-order valence-electron chi connectivity index (χ2n) is 4.59. The SMILES string of the molecule is C#CCC(C)NC(=O)N1CCCC1(C)C(=O)O. The Morgan fingerprint density at radius 2 is 2.29 bits per heavy atom. The molecule has 0 spiro atoms. The third kappa shape index (κ3) is 2.70. The first-order valence-corrected chi connectivity index (χ1v) is 5.67. The third-order valence-corrected chi connectivity index (χ3v) is 3.14. The van der Waals surface area contributed by atoms with Gasteiger partial charge in [-0.3, -0.25) is 0 Å². The largest absolute Gasteiger partial charge is 0.480 e. The van der Waals surface area contributed by atoms with E-state index >= 15 is 0 Å². The molecule has 1 aliphatic heterocycles. The number of urea groups is 1. The molecular weight excluding hydrogens is 220 g/mol. The molecule has 5 heteroatoms. The van der Waals surface area contributed by atoms with Crippen LogP contribution in [0, 0.1) is 12.3 Å². The average Bonchev–Trinajstić information content (AvgIpc) is 2.62. The number of likely N-dealkylation sites (tertiary alicyclic amines) is 1. The first-order valence-electron chi connectivity index (χ1n) is 5.67. The van der Waals surface area contributed by atoms with Crippen LogP contribution in [0.25, 0.3) is 0 Å². The third-order valence-electron chi connectivity index (χ3n) is 3.14. The van der Waals surface area contributed by atoms with Crippen molar-refractivity contribution in [2.75, 3.05) is 6.54 Å². The molecule has 2 N–H and O–H groups in total. The van der Waals surface area contributed by atoms with Crippen LogP contribution in [0.4, 0.5) is 4.79 Å². The lowest BCUT2D eigenvalue weighted by molar-refractivity contribution is -0.147. The number of hydrogen-bond donors (Lipinski definition) is 2. The summed E-state index contributed by atoms with van der Waals surface area (Å²) in [6, 6.07) is -0.499. The second-order valence-corrected chi connectivity index (χ2v) is 4.59. The van der Waals surface area contributed by atoms with Crippen molar-refractivity contribution in [3.63, 3.8) is 0 Å². The summed E-state index contributed by atoms with van der Waals surface area (Å²) in [6.45, 7) is 3.84. The molecule has 5 nitrogen and oxygen atoms in total. The minimum absolute atomic E-state index is 0.147. The number of terminal acetylenes is 1. The lowest BCUT2D eigenvalue weighted by Crippen LogP contribution is -2.55. The summed E-state index contributed by atoms with van der Waals surface area (Å²) in [5, 5.41) is 11.9. The van der Waals surface area contributed by atoms with Gasteiger partial charge in [-0.05, 0) is 26.7 Å². The van der Waals surface area contributed by atoms with Crippen molar-refractivity contribution >= 4 is 12.0 Å². The van der Waals surface area contributed by atoms with Gasteiger partial charge in [0.1, 0.15) is 5.54 Å². The standard InChI is InChI=1S/C12H18N2O3/c1-4-6-9(2)13-11(17)14-8-5-7-12(14,3)10(15)16/h1,9H,5-8H2,2-3H3,(H,13,17)(H,15,16). The Morgan fingerprint density at radius 1 is 1.65 bits per heavy atom. The quantitative estimate of drug-likeness (QED) is 0.722. The first kappa shape index (κ1) is 13.4. The molecule has 0 aromatic rings. The van der Waals surface area contributed by atoms with Gasteiger partial charge in [-0.2, -0.15) is 0 Å². The van der Waals surface area contributed by atoms with Gasteiger partial charge < -0.3 is 15.3 Å². The van der Waals surface area contributed by atoms with Crippen LogP contribution in [0.5, 0.6) is 0 Å². The highest BCUT2D eigenvalue weighted by Gasteiger charge is 2.46. The molecule has 2 atom stereocenters. The Bertz CT molecular complexity index is 361. The van der Waals surface area contributed by atoms with Crippen LogP contribution in [0.3, 0.4) is 0 Å². The van der Waals surface area contributed by atoms with Gasteiger partial charge in [-0.1, -0.05) is 0 Å². The zero-order valence-electron chi connectivity index (χ0n) is 10.2. The summed E-state index contributed by atoms with van der Waals surface area (Å²) < 4.78 is 0. The van der Waals surface area contributed by atoms with Crippen LogP contribution in [0.15, 0.2) is 0 Å². The maximum atomic E-state index is 11.9. The molecule has 17 heavy (non-hydrogen) atoms. The highest BCUT2D eigenvalue weighted by Crippen LogP contribution is 2.29. The monoisotopic (exact) mass is 238 g/mol. The number of nitrogens with one attached hydrogen (secondary N) is 1. The van der Waals surface area contributed by atoms with Crippen LogP contribution in [-0.4, -0.2) is 40.1 Å². The normalized spacial score (nSPS) is 25.1. The Labute approximate surface area is 101 Å². The van der Waals surface area contributed by atoms with Crippen molar-refractivity contribution in [3.8, 4) is 12.3 Å². The van der Waals surface area contributed by atoms with Crippen LogP contribution in [-0.2, 0) is 4.79 Å². The van der Waals surface area contributed by atoms with Gasteiger partial charge in [-0.25, -0.2) is 9.59 Å². The number of rotatable bonds is 3. The maximum absolute atomic E-state index is 11.9. The number of carbonyl (C=O) groups is 2. The Hall–Kier alpha value is -1.70. The van der Waals surface area contributed by atoms with E-state index in [4.69, 9.17) is 6.42 Å². The van der Waals surface area contributed by atoms with Gasteiger partial charge in [0.25, 0.3) is 0 Å². The molecular formula is C12H18N2O3. The average molecular weight is 238 g/mol. The van der Waals surface area contributed by atoms with Crippen molar-refractivity contribution in [3.05, 3.63) is 0 Å². The smallest absolute Gasteiger partial charge is 0.329 e. The van der Waals surface area contributed by atoms with E-state index in [9.17, 15) is 14.7 Å². The lowest BCUT2D eigenvalue weighted by Gasteiger charge is -2.32. The summed E-state index contributed by atoms with van der Waals surface area (Å²) in [7, 11) is 0. The fourth-order valence-corrected chi connectivity index (χ4v) is 2.03. The fourth-order valence-electron chi connectivity index (χ4n) is 2.03. The molecule has 1 rings (SSSR count). The van der Waals surface area contributed by atoms with Gasteiger partial charge in [0.2, 0.25) is 0 Å². The van der Waals surface area contributed by atoms with Crippen molar-refractivity contribution in [2.24, 2.45) is 0 Å². The van der Waals surface area contributed by atoms with Crippen LogP contribution < -0.4 is 5.32 Å². The molecule has 94 valence electrons. The molecule has 1 saturated heterocycles. The van der Waals surface area contributed by atoms with Gasteiger partial charge in [0, 0.05) is 19.0 Å². The minimum Gasteiger partial charge on any atom is -0.480 e. The van der Waals surface area contributed by atoms with Crippen molar-refractivity contribution in [1.82, 2.24) is 10.2 Å². The van der Waals surface area contributed by atoms with Crippen molar-refractivity contribution in [1.29, 1.82) is 0 Å². The number of aliphatic carboxylic acids is 1. The zero-order valence-corrected chi connectivity index (χ0v) is 10.2. The number of amides is 2. The molecule has 0 bridgehead atoms. The summed E-state index contributed by atoms with van der Waals surface area (Å²) in [5.41, 5.74) is -1.10. The Balaban J connectivity index is 2.69. The molecule has 0 aromatic carbocycles.